The van der Waals surface area contributed by atoms with Crippen molar-refractivity contribution in [2.75, 3.05) is 5.32 Å². The van der Waals surface area contributed by atoms with E-state index in [1.165, 1.54) is 0 Å². The van der Waals surface area contributed by atoms with E-state index in [0.717, 1.165) is 26.8 Å². The normalized spacial score (nSPS) is 10.9. The zero-order chi connectivity index (χ0) is 19.0. The van der Waals surface area contributed by atoms with E-state index in [-0.39, 0.29) is 5.91 Å². The lowest BCUT2D eigenvalue weighted by Crippen LogP contribution is -2.14. The third-order valence-electron chi connectivity index (χ3n) is 4.48. The predicted molar refractivity (Wildman–Crippen MR) is 110 cm³/mol. The summed E-state index contributed by atoms with van der Waals surface area (Å²) < 4.78 is 2.73. The van der Waals surface area contributed by atoms with Crippen molar-refractivity contribution < 1.29 is 4.79 Å². The van der Waals surface area contributed by atoms with Crippen molar-refractivity contribution in [3.05, 3.63) is 82.2 Å². The third-order valence-corrected chi connectivity index (χ3v) is 5.18. The maximum Gasteiger partial charge on any atom is 0.259 e. The van der Waals surface area contributed by atoms with Crippen LogP contribution in [0.15, 0.2) is 65.3 Å². The standard InChI is InChI=1S/C21H17BrN4O/c1-13-19(14(2)26(25-13)15-7-4-3-5-8-15)21(27)24-18-11-10-17(22)16-9-6-12-23-20(16)18/h3-12H,1-2H3,(H,24,27). The second-order valence-corrected chi connectivity index (χ2v) is 7.10. The molecule has 0 saturated carbocycles. The Hall–Kier alpha value is -2.99. The van der Waals surface area contributed by atoms with Gasteiger partial charge in [0.1, 0.15) is 0 Å². The molecule has 0 aliphatic carbocycles. The SMILES string of the molecule is Cc1nn(-c2ccccc2)c(C)c1C(=O)Nc1ccc(Br)c2cccnc12. The van der Waals surface area contributed by atoms with Gasteiger partial charge in [-0.3, -0.25) is 9.78 Å². The van der Waals surface area contributed by atoms with E-state index in [4.69, 9.17) is 0 Å². The molecule has 0 bridgehead atoms. The summed E-state index contributed by atoms with van der Waals surface area (Å²) in [5.41, 5.74) is 4.39. The molecule has 2 aromatic heterocycles. The van der Waals surface area contributed by atoms with Crippen LogP contribution in [0.4, 0.5) is 5.69 Å². The molecule has 0 aliphatic rings. The number of nitrogens with one attached hydrogen (secondary N) is 1. The van der Waals surface area contributed by atoms with Gasteiger partial charge >= 0.3 is 0 Å². The van der Waals surface area contributed by atoms with Gasteiger partial charge in [0.25, 0.3) is 5.91 Å². The molecule has 5 nitrogen and oxygen atoms in total. The van der Waals surface area contributed by atoms with Gasteiger partial charge < -0.3 is 5.32 Å². The van der Waals surface area contributed by atoms with Gasteiger partial charge in [-0.15, -0.1) is 0 Å². The Morgan fingerprint density at radius 1 is 1.04 bits per heavy atom. The molecule has 1 amide bonds. The minimum atomic E-state index is -0.193. The quantitative estimate of drug-likeness (QED) is 0.504. The summed E-state index contributed by atoms with van der Waals surface area (Å²) in [5, 5.41) is 8.50. The average Bonchev–Trinajstić information content (AvgIpc) is 2.99. The Kier molecular flexibility index (Phi) is 4.49. The number of aryl methyl sites for hydroxylation is 1. The lowest BCUT2D eigenvalue weighted by atomic mass is 10.1. The van der Waals surface area contributed by atoms with E-state index in [9.17, 15) is 4.79 Å². The van der Waals surface area contributed by atoms with Crippen LogP contribution in [0.3, 0.4) is 0 Å². The van der Waals surface area contributed by atoms with Crippen molar-refractivity contribution in [2.24, 2.45) is 0 Å². The molecule has 1 N–H and O–H groups in total. The van der Waals surface area contributed by atoms with E-state index < -0.39 is 0 Å². The van der Waals surface area contributed by atoms with Gasteiger partial charge in [-0.2, -0.15) is 5.10 Å². The van der Waals surface area contributed by atoms with Crippen LogP contribution >= 0.6 is 15.9 Å². The number of para-hydroxylation sites is 1. The van der Waals surface area contributed by atoms with Crippen LogP contribution in [-0.2, 0) is 0 Å². The number of hydrogen-bond donors (Lipinski definition) is 1. The number of rotatable bonds is 3. The minimum absolute atomic E-state index is 0.193. The third kappa shape index (κ3) is 3.13. The van der Waals surface area contributed by atoms with E-state index >= 15 is 0 Å². The molecule has 6 heteroatoms. The first-order valence-corrected chi connectivity index (χ1v) is 9.32. The molecule has 0 radical (unpaired) electrons. The monoisotopic (exact) mass is 420 g/mol. The average molecular weight is 421 g/mol. The highest BCUT2D eigenvalue weighted by molar-refractivity contribution is 9.10. The summed E-state index contributed by atoms with van der Waals surface area (Å²) >= 11 is 3.53. The lowest BCUT2D eigenvalue weighted by molar-refractivity contribution is 0.102. The number of benzene rings is 2. The number of pyridine rings is 1. The van der Waals surface area contributed by atoms with E-state index in [1.807, 2.05) is 68.4 Å². The van der Waals surface area contributed by atoms with Crippen molar-refractivity contribution in [1.29, 1.82) is 0 Å². The number of anilines is 1. The van der Waals surface area contributed by atoms with Gasteiger partial charge in [-0.05, 0) is 44.2 Å². The van der Waals surface area contributed by atoms with Crippen LogP contribution < -0.4 is 5.32 Å². The molecule has 27 heavy (non-hydrogen) atoms. The zero-order valence-corrected chi connectivity index (χ0v) is 16.5. The van der Waals surface area contributed by atoms with Crippen LogP contribution in [0, 0.1) is 13.8 Å². The van der Waals surface area contributed by atoms with Crippen LogP contribution in [-0.4, -0.2) is 20.7 Å². The fourth-order valence-electron chi connectivity index (χ4n) is 3.22. The molecule has 0 aliphatic heterocycles. The number of hydrogen-bond acceptors (Lipinski definition) is 3. The van der Waals surface area contributed by atoms with Gasteiger partial charge in [-0.1, -0.05) is 40.2 Å². The van der Waals surface area contributed by atoms with Gasteiger partial charge in [-0.25, -0.2) is 4.68 Å². The second kappa shape index (κ2) is 6.96. The summed E-state index contributed by atoms with van der Waals surface area (Å²) in [6.07, 6.45) is 1.72. The summed E-state index contributed by atoms with van der Waals surface area (Å²) in [5.74, 6) is -0.193. The molecule has 2 aromatic carbocycles. The first-order chi connectivity index (χ1) is 13.1. The van der Waals surface area contributed by atoms with Crippen molar-refractivity contribution in [1.82, 2.24) is 14.8 Å². The number of amides is 1. The molecule has 4 rings (SSSR count). The maximum atomic E-state index is 13.0. The summed E-state index contributed by atoms with van der Waals surface area (Å²) in [4.78, 5) is 17.4. The highest BCUT2D eigenvalue weighted by Gasteiger charge is 2.20. The fraction of sp³-hybridized carbons (Fsp3) is 0.0952. The number of fused-ring (bicyclic) bond motifs is 1. The van der Waals surface area contributed by atoms with Crippen LogP contribution in [0.25, 0.3) is 16.6 Å². The smallest absolute Gasteiger partial charge is 0.259 e. The fourth-order valence-corrected chi connectivity index (χ4v) is 3.67. The van der Waals surface area contributed by atoms with E-state index in [1.54, 1.807) is 10.9 Å². The molecule has 134 valence electrons. The van der Waals surface area contributed by atoms with Gasteiger partial charge in [0.05, 0.1) is 33.8 Å². The Bertz CT molecular complexity index is 1150. The molecule has 2 heterocycles. The number of carbonyl (C=O) groups is 1. The molecule has 0 unspecified atom stereocenters. The Morgan fingerprint density at radius 2 is 1.81 bits per heavy atom. The van der Waals surface area contributed by atoms with Crippen LogP contribution in [0.1, 0.15) is 21.7 Å². The Balaban J connectivity index is 1.73. The molecule has 0 fully saturated rings. The molecule has 4 aromatic rings. The van der Waals surface area contributed by atoms with Crippen molar-refractivity contribution in [3.8, 4) is 5.69 Å². The van der Waals surface area contributed by atoms with Crippen LogP contribution in [0.2, 0.25) is 0 Å². The van der Waals surface area contributed by atoms with Crippen molar-refractivity contribution >= 4 is 38.4 Å². The Labute approximate surface area is 165 Å². The first kappa shape index (κ1) is 17.4. The zero-order valence-electron chi connectivity index (χ0n) is 14.9. The second-order valence-electron chi connectivity index (χ2n) is 6.24. The summed E-state index contributed by atoms with van der Waals surface area (Å²) in [7, 11) is 0. The molecule has 0 spiro atoms. The van der Waals surface area contributed by atoms with Crippen LogP contribution in [0.5, 0.6) is 0 Å². The predicted octanol–water partition coefficient (Wildman–Crippen LogP) is 5.05. The number of nitrogens with zero attached hydrogens (tertiary/aromatic N) is 3. The largest absolute Gasteiger partial charge is 0.320 e. The number of carbonyl (C=O) groups excluding carboxylic acids is 1. The molecule has 0 saturated heterocycles. The Morgan fingerprint density at radius 3 is 2.59 bits per heavy atom. The summed E-state index contributed by atoms with van der Waals surface area (Å²) in [6.45, 7) is 3.75. The van der Waals surface area contributed by atoms with E-state index in [2.05, 4.69) is 31.3 Å². The molecular weight excluding hydrogens is 404 g/mol. The van der Waals surface area contributed by atoms with Gasteiger partial charge in [0.2, 0.25) is 0 Å². The minimum Gasteiger partial charge on any atom is -0.320 e. The lowest BCUT2D eigenvalue weighted by Gasteiger charge is -2.10. The number of aromatic nitrogens is 3. The van der Waals surface area contributed by atoms with Gasteiger partial charge in [0, 0.05) is 16.1 Å². The van der Waals surface area contributed by atoms with Crippen molar-refractivity contribution in [2.45, 2.75) is 13.8 Å². The molecule has 0 atom stereocenters. The van der Waals surface area contributed by atoms with E-state index in [0.29, 0.717) is 16.9 Å². The molecular formula is C21H17BrN4O. The van der Waals surface area contributed by atoms with Gasteiger partial charge in [0.15, 0.2) is 0 Å². The maximum absolute atomic E-state index is 13.0. The summed E-state index contributed by atoms with van der Waals surface area (Å²) in [6, 6.07) is 17.4. The van der Waals surface area contributed by atoms with Crippen molar-refractivity contribution in [3.63, 3.8) is 0 Å². The topological polar surface area (TPSA) is 59.8 Å². The highest BCUT2D eigenvalue weighted by Crippen LogP contribution is 2.29. The first-order valence-electron chi connectivity index (χ1n) is 8.52. The number of halogens is 1. The highest BCUT2D eigenvalue weighted by atomic mass is 79.9.